The summed E-state index contributed by atoms with van der Waals surface area (Å²) in [5.41, 5.74) is -1.28. The molecule has 4 aromatic rings. The van der Waals surface area contributed by atoms with Gasteiger partial charge in [-0.15, -0.1) is 0 Å². The van der Waals surface area contributed by atoms with E-state index >= 15 is 4.39 Å². The second-order valence-electron chi connectivity index (χ2n) is 13.5. The first-order valence-corrected chi connectivity index (χ1v) is 15.9. The van der Waals surface area contributed by atoms with Crippen LogP contribution in [0.25, 0.3) is 32.9 Å². The van der Waals surface area contributed by atoms with Gasteiger partial charge >= 0.3 is 6.01 Å². The minimum absolute atomic E-state index is 0.0997. The number of aromatic nitrogens is 3. The first kappa shape index (κ1) is 30.9. The second-order valence-corrected chi connectivity index (χ2v) is 13.5. The van der Waals surface area contributed by atoms with Crippen molar-refractivity contribution in [3.05, 3.63) is 47.7 Å². The van der Waals surface area contributed by atoms with E-state index in [1.807, 2.05) is 0 Å². The number of aliphatic hydroxyl groups is 2. The molecule has 7 rings (SSSR count). The zero-order chi connectivity index (χ0) is 32.4. The van der Waals surface area contributed by atoms with Crippen LogP contribution in [0.1, 0.15) is 45.1 Å². The number of fused-ring (bicyclic) bond motifs is 3. The van der Waals surface area contributed by atoms with E-state index in [2.05, 4.69) is 19.9 Å². The third kappa shape index (κ3) is 5.29. The average molecular weight is 638 g/mol. The lowest BCUT2D eigenvalue weighted by molar-refractivity contribution is 0.0129. The Morgan fingerprint density at radius 1 is 1.13 bits per heavy atom. The fourth-order valence-electron chi connectivity index (χ4n) is 8.02. The van der Waals surface area contributed by atoms with Gasteiger partial charge in [-0.1, -0.05) is 13.0 Å². The molecule has 0 spiro atoms. The summed E-state index contributed by atoms with van der Waals surface area (Å²) in [7, 11) is 0. The SMILES string of the molecule is CCc1c(F)ccc2cc(O)cc(-c3ncc4c(N5CC(CO)CC(C)(O)C5)nc(OC[C@@]56CCCN5C[C@H](F)C6)nc4c3F)c12. The number of ether oxygens (including phenoxy) is 1. The summed E-state index contributed by atoms with van der Waals surface area (Å²) < 4.78 is 52.4. The van der Waals surface area contributed by atoms with Crippen LogP contribution in [-0.4, -0.2) is 91.9 Å². The number of rotatable bonds is 7. The summed E-state index contributed by atoms with van der Waals surface area (Å²) in [4.78, 5) is 17.6. The number of phenolic OH excluding ortho intramolecular Hbond substituents is 1. The van der Waals surface area contributed by atoms with Crippen LogP contribution >= 0.6 is 0 Å². The molecule has 4 atom stereocenters. The van der Waals surface area contributed by atoms with E-state index in [-0.39, 0.29) is 65.4 Å². The van der Waals surface area contributed by atoms with Gasteiger partial charge in [0.2, 0.25) is 0 Å². The number of hydrogen-bond donors (Lipinski definition) is 3. The number of aliphatic hydroxyl groups excluding tert-OH is 1. The van der Waals surface area contributed by atoms with Crippen molar-refractivity contribution in [1.82, 2.24) is 19.9 Å². The Hall–Kier alpha value is -3.74. The van der Waals surface area contributed by atoms with Crippen LogP contribution in [0.3, 0.4) is 0 Å². The van der Waals surface area contributed by atoms with Gasteiger partial charge in [0.25, 0.3) is 0 Å². The molecule has 3 aliphatic rings. The molecule has 5 heterocycles. The van der Waals surface area contributed by atoms with Crippen LogP contribution in [0.2, 0.25) is 0 Å². The molecule has 3 aliphatic heterocycles. The van der Waals surface area contributed by atoms with Crippen molar-refractivity contribution in [3.8, 4) is 23.0 Å². The van der Waals surface area contributed by atoms with Gasteiger partial charge in [-0.2, -0.15) is 9.97 Å². The number of nitrogens with zero attached hydrogens (tertiary/aromatic N) is 5. The molecule has 0 amide bonds. The summed E-state index contributed by atoms with van der Waals surface area (Å²) in [5.74, 6) is -1.35. The summed E-state index contributed by atoms with van der Waals surface area (Å²) in [6.45, 7) is 5.09. The van der Waals surface area contributed by atoms with Crippen molar-refractivity contribution in [1.29, 1.82) is 0 Å². The molecule has 3 N–H and O–H groups in total. The number of benzene rings is 2. The highest BCUT2D eigenvalue weighted by Gasteiger charge is 2.49. The first-order chi connectivity index (χ1) is 22.0. The Balaban J connectivity index is 1.39. The number of phenols is 1. The highest BCUT2D eigenvalue weighted by molar-refractivity contribution is 6.01. The predicted molar refractivity (Wildman–Crippen MR) is 168 cm³/mol. The second kappa shape index (κ2) is 11.5. The molecule has 3 fully saturated rings. The lowest BCUT2D eigenvalue weighted by Crippen LogP contribution is -2.51. The number of aryl methyl sites for hydroxylation is 1. The van der Waals surface area contributed by atoms with Gasteiger partial charge in [0, 0.05) is 50.3 Å². The molecule has 244 valence electrons. The summed E-state index contributed by atoms with van der Waals surface area (Å²) in [5, 5.41) is 32.9. The number of piperidine rings is 1. The van der Waals surface area contributed by atoms with Crippen molar-refractivity contribution < 1.29 is 33.2 Å². The lowest BCUT2D eigenvalue weighted by atomic mass is 9.87. The Bertz CT molecular complexity index is 1820. The molecule has 2 unspecified atom stereocenters. The van der Waals surface area contributed by atoms with Gasteiger partial charge in [-0.3, -0.25) is 9.88 Å². The highest BCUT2D eigenvalue weighted by atomic mass is 19.1. The van der Waals surface area contributed by atoms with Crippen molar-refractivity contribution in [3.63, 3.8) is 0 Å². The van der Waals surface area contributed by atoms with Gasteiger partial charge in [0.05, 0.1) is 16.5 Å². The third-order valence-corrected chi connectivity index (χ3v) is 9.93. The Kier molecular flexibility index (Phi) is 7.72. The van der Waals surface area contributed by atoms with Gasteiger partial charge in [0.15, 0.2) is 5.82 Å². The number of aromatic hydroxyl groups is 1. The van der Waals surface area contributed by atoms with Crippen LogP contribution in [-0.2, 0) is 6.42 Å². The number of β-amino-alcohol motifs (C(OH)–C–C–N with tert-alkyl or cyclic N) is 1. The zero-order valence-corrected chi connectivity index (χ0v) is 25.9. The zero-order valence-electron chi connectivity index (χ0n) is 25.9. The molecular weight excluding hydrogens is 599 g/mol. The fraction of sp³-hybridized carbons (Fsp3) is 0.500. The molecule has 2 aromatic heterocycles. The molecule has 9 nitrogen and oxygen atoms in total. The van der Waals surface area contributed by atoms with E-state index in [1.54, 1.807) is 18.7 Å². The molecule has 46 heavy (non-hydrogen) atoms. The maximum atomic E-state index is 16.8. The van der Waals surface area contributed by atoms with E-state index in [0.717, 1.165) is 19.4 Å². The van der Waals surface area contributed by atoms with E-state index in [9.17, 15) is 24.1 Å². The molecule has 12 heteroatoms. The summed E-state index contributed by atoms with van der Waals surface area (Å²) in [6, 6.07) is 5.63. The van der Waals surface area contributed by atoms with Gasteiger partial charge in [0.1, 0.15) is 41.4 Å². The van der Waals surface area contributed by atoms with Crippen molar-refractivity contribution in [2.75, 3.05) is 44.3 Å². The topological polar surface area (TPSA) is 115 Å². The van der Waals surface area contributed by atoms with Crippen molar-refractivity contribution >= 4 is 27.5 Å². The highest BCUT2D eigenvalue weighted by Crippen LogP contribution is 2.42. The normalized spacial score (nSPS) is 26.7. The van der Waals surface area contributed by atoms with Gasteiger partial charge in [-0.05, 0) is 73.7 Å². The minimum atomic E-state index is -1.15. The smallest absolute Gasteiger partial charge is 0.319 e. The van der Waals surface area contributed by atoms with Crippen LogP contribution in [0.15, 0.2) is 30.5 Å². The van der Waals surface area contributed by atoms with E-state index < -0.39 is 28.9 Å². The maximum Gasteiger partial charge on any atom is 0.319 e. The number of anilines is 1. The number of halogens is 3. The predicted octanol–water partition coefficient (Wildman–Crippen LogP) is 4.92. The molecule has 0 aliphatic carbocycles. The first-order valence-electron chi connectivity index (χ1n) is 15.9. The Morgan fingerprint density at radius 2 is 1.96 bits per heavy atom. The van der Waals surface area contributed by atoms with Crippen molar-refractivity contribution in [2.45, 2.75) is 63.3 Å². The number of hydrogen-bond acceptors (Lipinski definition) is 9. The van der Waals surface area contributed by atoms with Gasteiger partial charge < -0.3 is 25.0 Å². The monoisotopic (exact) mass is 637 g/mol. The quantitative estimate of drug-likeness (QED) is 0.260. The minimum Gasteiger partial charge on any atom is -0.508 e. The van der Waals surface area contributed by atoms with Crippen molar-refractivity contribution in [2.24, 2.45) is 5.92 Å². The fourth-order valence-corrected chi connectivity index (χ4v) is 8.02. The van der Waals surface area contributed by atoms with Crippen LogP contribution in [0.5, 0.6) is 11.8 Å². The number of alkyl halides is 1. The van der Waals surface area contributed by atoms with E-state index in [1.165, 1.54) is 30.5 Å². The van der Waals surface area contributed by atoms with E-state index in [0.29, 0.717) is 48.7 Å². The summed E-state index contributed by atoms with van der Waals surface area (Å²) >= 11 is 0. The van der Waals surface area contributed by atoms with Crippen LogP contribution in [0, 0.1) is 17.6 Å². The molecule has 3 saturated heterocycles. The number of pyridine rings is 1. The van der Waals surface area contributed by atoms with Gasteiger partial charge in [-0.25, -0.2) is 13.2 Å². The standard InChI is InChI=1S/C34H38F3N5O4/c1-3-23-26(36)6-5-20-9-22(44)10-24(27(20)23)29-28(37)30-25(13-38-29)31(41-14-19(16-43)11-33(2,45)17-41)40-32(39-30)46-18-34-7-4-8-42(34)15-21(35)12-34/h5-6,9-10,13,19,21,43-45H,3-4,7-8,11-12,14-18H2,1-2H3/t19?,21-,33?,34+/m1/s1. The summed E-state index contributed by atoms with van der Waals surface area (Å²) in [6.07, 6.45) is 3.23. The van der Waals surface area contributed by atoms with Crippen LogP contribution < -0.4 is 9.64 Å². The van der Waals surface area contributed by atoms with Crippen LogP contribution in [0.4, 0.5) is 19.0 Å². The Morgan fingerprint density at radius 3 is 2.74 bits per heavy atom. The third-order valence-electron chi connectivity index (χ3n) is 9.93. The van der Waals surface area contributed by atoms with E-state index in [4.69, 9.17) is 4.74 Å². The molecule has 0 bridgehead atoms. The average Bonchev–Trinajstić information content (AvgIpc) is 3.54. The lowest BCUT2D eigenvalue weighted by Gasteiger charge is -2.41. The molecule has 0 radical (unpaired) electrons. The Labute approximate surface area is 264 Å². The maximum absolute atomic E-state index is 16.8. The molecule has 0 saturated carbocycles. The molecular formula is C34H38F3N5O4. The largest absolute Gasteiger partial charge is 0.508 e. The molecule has 2 aromatic carbocycles.